The Bertz CT molecular complexity index is 1250. The van der Waals surface area contributed by atoms with Gasteiger partial charge in [0.05, 0.1) is 17.6 Å². The number of fused-ring (bicyclic) bond motifs is 1. The maximum Gasteiger partial charge on any atom is 0.274 e. The number of anilines is 2. The molecule has 0 aliphatic carbocycles. The molecule has 5 nitrogen and oxygen atoms in total. The highest BCUT2D eigenvalue weighted by Gasteiger charge is 2.13. The summed E-state index contributed by atoms with van der Waals surface area (Å²) in [7, 11) is 1.58. The maximum absolute atomic E-state index is 12.8. The normalized spacial score (nSPS) is 10.7. The van der Waals surface area contributed by atoms with Crippen molar-refractivity contribution in [3.8, 4) is 5.75 Å². The third-order valence-electron chi connectivity index (χ3n) is 4.73. The summed E-state index contributed by atoms with van der Waals surface area (Å²) in [5.74, 6) is 0.324. The number of carbonyl (C=O) groups excluding carboxylic acids is 1. The lowest BCUT2D eigenvalue weighted by molar-refractivity contribution is 0.102. The molecule has 0 saturated carbocycles. The molecule has 0 fully saturated rings. The fourth-order valence-corrected chi connectivity index (χ4v) is 3.65. The van der Waals surface area contributed by atoms with Crippen LogP contribution in [0.2, 0.25) is 10.0 Å². The molecule has 0 saturated heterocycles. The van der Waals surface area contributed by atoms with Crippen LogP contribution in [0, 0.1) is 0 Å². The summed E-state index contributed by atoms with van der Waals surface area (Å²) in [6.07, 6.45) is 0. The van der Waals surface area contributed by atoms with Crippen molar-refractivity contribution in [1.29, 1.82) is 0 Å². The number of nitrogens with zero attached hydrogens (tertiary/aromatic N) is 1. The van der Waals surface area contributed by atoms with Crippen molar-refractivity contribution < 1.29 is 9.53 Å². The van der Waals surface area contributed by atoms with E-state index >= 15 is 0 Å². The molecule has 0 unspecified atom stereocenters. The van der Waals surface area contributed by atoms with Crippen LogP contribution in [0.4, 0.5) is 11.4 Å². The van der Waals surface area contributed by atoms with E-state index in [4.69, 9.17) is 27.9 Å². The summed E-state index contributed by atoms with van der Waals surface area (Å²) in [5.41, 5.74) is 3.38. The number of rotatable bonds is 6. The Hall–Kier alpha value is -3.28. The van der Waals surface area contributed by atoms with Gasteiger partial charge in [0.2, 0.25) is 0 Å². The van der Waals surface area contributed by atoms with Crippen molar-refractivity contribution in [2.75, 3.05) is 17.7 Å². The molecule has 0 bridgehead atoms. The van der Waals surface area contributed by atoms with Gasteiger partial charge in [0.15, 0.2) is 0 Å². The third-order valence-corrected chi connectivity index (χ3v) is 5.26. The average Bonchev–Trinajstić information content (AvgIpc) is 2.78. The van der Waals surface area contributed by atoms with Crippen LogP contribution >= 0.6 is 23.2 Å². The topological polar surface area (TPSA) is 63.2 Å². The summed E-state index contributed by atoms with van der Waals surface area (Å²) < 4.78 is 5.20. The average molecular weight is 452 g/mol. The van der Waals surface area contributed by atoms with Crippen LogP contribution in [0.1, 0.15) is 16.1 Å². The van der Waals surface area contributed by atoms with Crippen LogP contribution < -0.4 is 15.4 Å². The van der Waals surface area contributed by atoms with Gasteiger partial charge in [-0.05, 0) is 54.1 Å². The lowest BCUT2D eigenvalue weighted by Crippen LogP contribution is -2.14. The van der Waals surface area contributed by atoms with Crippen LogP contribution in [0.15, 0.2) is 72.8 Å². The Morgan fingerprint density at radius 2 is 1.81 bits per heavy atom. The number of hydrogen-bond donors (Lipinski definition) is 2. The van der Waals surface area contributed by atoms with E-state index in [2.05, 4.69) is 15.6 Å². The van der Waals surface area contributed by atoms with E-state index in [0.717, 1.165) is 16.6 Å². The number of benzene rings is 3. The SMILES string of the molecule is COc1ccc(CNc2cc(C(=O)Nc3ccccc3)nc3ccc(Cl)cc23)cc1Cl. The summed E-state index contributed by atoms with van der Waals surface area (Å²) in [5, 5.41) is 8.19. The zero-order valence-electron chi connectivity index (χ0n) is 16.7. The molecule has 1 aromatic heterocycles. The van der Waals surface area contributed by atoms with E-state index < -0.39 is 0 Å². The summed E-state index contributed by atoms with van der Waals surface area (Å²) in [6, 6.07) is 21.9. The van der Waals surface area contributed by atoms with Gasteiger partial charge < -0.3 is 15.4 Å². The first kappa shape index (κ1) is 21.0. The first-order valence-corrected chi connectivity index (χ1v) is 10.3. The maximum atomic E-state index is 12.8. The molecule has 1 amide bonds. The summed E-state index contributed by atoms with van der Waals surface area (Å²) in [6.45, 7) is 0.495. The molecule has 156 valence electrons. The summed E-state index contributed by atoms with van der Waals surface area (Å²) >= 11 is 12.4. The van der Waals surface area contributed by atoms with Gasteiger partial charge in [0.25, 0.3) is 5.91 Å². The lowest BCUT2D eigenvalue weighted by atomic mass is 10.1. The highest BCUT2D eigenvalue weighted by Crippen LogP contribution is 2.29. The Labute approximate surface area is 190 Å². The van der Waals surface area contributed by atoms with E-state index in [9.17, 15) is 4.79 Å². The highest BCUT2D eigenvalue weighted by atomic mass is 35.5. The number of pyridine rings is 1. The molecule has 0 aliphatic rings. The minimum absolute atomic E-state index is 0.293. The van der Waals surface area contributed by atoms with Gasteiger partial charge in [-0.2, -0.15) is 0 Å². The van der Waals surface area contributed by atoms with Crippen LogP contribution in [0.25, 0.3) is 10.9 Å². The molecule has 1 heterocycles. The molecule has 3 aromatic carbocycles. The van der Waals surface area contributed by atoms with E-state index in [1.807, 2.05) is 54.6 Å². The molecule has 7 heteroatoms. The predicted molar refractivity (Wildman–Crippen MR) is 126 cm³/mol. The zero-order valence-corrected chi connectivity index (χ0v) is 18.2. The first-order chi connectivity index (χ1) is 15.0. The largest absolute Gasteiger partial charge is 0.495 e. The smallest absolute Gasteiger partial charge is 0.274 e. The van der Waals surface area contributed by atoms with E-state index in [0.29, 0.717) is 39.2 Å². The van der Waals surface area contributed by atoms with Gasteiger partial charge in [-0.3, -0.25) is 4.79 Å². The number of methoxy groups -OCH3 is 1. The number of halogens is 2. The van der Waals surface area contributed by atoms with Gasteiger partial charge in [0.1, 0.15) is 11.4 Å². The summed E-state index contributed by atoms with van der Waals surface area (Å²) in [4.78, 5) is 17.3. The van der Waals surface area contributed by atoms with Gasteiger partial charge in [0, 0.05) is 28.3 Å². The fourth-order valence-electron chi connectivity index (χ4n) is 3.19. The molecule has 2 N–H and O–H groups in total. The Kier molecular flexibility index (Phi) is 6.26. The van der Waals surface area contributed by atoms with Gasteiger partial charge in [-0.25, -0.2) is 4.98 Å². The number of aromatic nitrogens is 1. The van der Waals surface area contributed by atoms with Gasteiger partial charge in [-0.1, -0.05) is 47.5 Å². The standard InChI is InChI=1S/C24H19Cl2N3O2/c1-31-23-10-7-15(11-19(23)26)14-27-21-13-22(24(30)28-17-5-3-2-4-6-17)29-20-9-8-16(25)12-18(20)21/h2-13H,14H2,1H3,(H,27,29)(H,28,30). The molecule has 0 aliphatic heterocycles. The van der Waals surface area contributed by atoms with E-state index in [1.54, 1.807) is 25.3 Å². The van der Waals surface area contributed by atoms with Crippen molar-refractivity contribution in [2.24, 2.45) is 0 Å². The molecule has 0 spiro atoms. The van der Waals surface area contributed by atoms with Crippen molar-refractivity contribution in [1.82, 2.24) is 4.98 Å². The van der Waals surface area contributed by atoms with E-state index in [1.165, 1.54) is 0 Å². The number of ether oxygens (including phenoxy) is 1. The Balaban J connectivity index is 1.65. The van der Waals surface area contributed by atoms with Gasteiger partial charge in [-0.15, -0.1) is 0 Å². The second-order valence-corrected chi connectivity index (χ2v) is 7.70. The minimum atomic E-state index is -0.293. The van der Waals surface area contributed by atoms with Crippen LogP contribution in [-0.4, -0.2) is 18.0 Å². The molecule has 0 radical (unpaired) electrons. The minimum Gasteiger partial charge on any atom is -0.495 e. The monoisotopic (exact) mass is 451 g/mol. The second kappa shape index (κ2) is 9.25. The Morgan fingerprint density at radius 3 is 2.55 bits per heavy atom. The second-order valence-electron chi connectivity index (χ2n) is 6.86. The predicted octanol–water partition coefficient (Wildman–Crippen LogP) is 6.41. The molecular formula is C24H19Cl2N3O2. The molecule has 31 heavy (non-hydrogen) atoms. The fraction of sp³-hybridized carbons (Fsp3) is 0.0833. The molecule has 4 aromatic rings. The van der Waals surface area contributed by atoms with Crippen LogP contribution in [0.5, 0.6) is 5.75 Å². The van der Waals surface area contributed by atoms with Crippen molar-refractivity contribution in [3.05, 3.63) is 94.1 Å². The van der Waals surface area contributed by atoms with Crippen LogP contribution in [-0.2, 0) is 6.54 Å². The number of hydrogen-bond acceptors (Lipinski definition) is 4. The van der Waals surface area contributed by atoms with Gasteiger partial charge >= 0.3 is 0 Å². The van der Waals surface area contributed by atoms with Crippen molar-refractivity contribution >= 4 is 51.4 Å². The number of para-hydroxylation sites is 1. The number of carbonyl (C=O) groups is 1. The van der Waals surface area contributed by atoms with E-state index in [-0.39, 0.29) is 5.91 Å². The van der Waals surface area contributed by atoms with Crippen molar-refractivity contribution in [2.45, 2.75) is 6.54 Å². The number of amides is 1. The zero-order chi connectivity index (χ0) is 21.8. The lowest BCUT2D eigenvalue weighted by Gasteiger charge is -2.13. The number of nitrogens with one attached hydrogen (secondary N) is 2. The molecule has 0 atom stereocenters. The third kappa shape index (κ3) is 4.90. The van der Waals surface area contributed by atoms with Crippen LogP contribution in [0.3, 0.4) is 0 Å². The highest BCUT2D eigenvalue weighted by molar-refractivity contribution is 6.32. The Morgan fingerprint density at radius 1 is 1.00 bits per heavy atom. The molecular weight excluding hydrogens is 433 g/mol. The van der Waals surface area contributed by atoms with Crippen molar-refractivity contribution in [3.63, 3.8) is 0 Å². The molecule has 4 rings (SSSR count). The quantitative estimate of drug-likeness (QED) is 0.355. The first-order valence-electron chi connectivity index (χ1n) is 9.56.